The molecule has 1 aliphatic rings. The predicted octanol–water partition coefficient (Wildman–Crippen LogP) is 2.39. The standard InChI is InChI=1S/C23H33N3O5/c1-17-6-8-19(31-17)15-24(2)21(27)16-26-12-10-25(11-13-26)14-18-7-9-20(28-3)23(30-5)22(18)29-4/h6-9H,10-16H2,1-5H3. The van der Waals surface area contributed by atoms with Crippen molar-refractivity contribution < 1.29 is 23.4 Å². The molecule has 1 fully saturated rings. The molecule has 1 aliphatic heterocycles. The Labute approximate surface area is 184 Å². The number of carbonyl (C=O) groups is 1. The Morgan fingerprint density at radius 3 is 2.23 bits per heavy atom. The summed E-state index contributed by atoms with van der Waals surface area (Å²) in [4.78, 5) is 18.9. The van der Waals surface area contributed by atoms with Crippen LogP contribution in [0.4, 0.5) is 0 Å². The van der Waals surface area contributed by atoms with Gasteiger partial charge in [-0.15, -0.1) is 0 Å². The molecule has 1 aromatic heterocycles. The topological polar surface area (TPSA) is 67.6 Å². The minimum absolute atomic E-state index is 0.101. The largest absolute Gasteiger partial charge is 0.493 e. The van der Waals surface area contributed by atoms with E-state index < -0.39 is 0 Å². The zero-order valence-corrected chi connectivity index (χ0v) is 19.1. The van der Waals surface area contributed by atoms with E-state index in [2.05, 4.69) is 9.80 Å². The molecule has 0 spiro atoms. The normalized spacial score (nSPS) is 15.0. The van der Waals surface area contributed by atoms with Crippen LogP contribution < -0.4 is 14.2 Å². The molecule has 3 rings (SSSR count). The van der Waals surface area contributed by atoms with Crippen LogP contribution in [0, 0.1) is 6.92 Å². The van der Waals surface area contributed by atoms with Crippen LogP contribution in [0.2, 0.25) is 0 Å². The molecule has 0 unspecified atom stereocenters. The van der Waals surface area contributed by atoms with Gasteiger partial charge in [0.15, 0.2) is 11.5 Å². The molecule has 31 heavy (non-hydrogen) atoms. The van der Waals surface area contributed by atoms with Gasteiger partial charge in [-0.3, -0.25) is 14.6 Å². The van der Waals surface area contributed by atoms with Crippen LogP contribution in [0.3, 0.4) is 0 Å². The number of benzene rings is 1. The predicted molar refractivity (Wildman–Crippen MR) is 118 cm³/mol. The van der Waals surface area contributed by atoms with Crippen LogP contribution >= 0.6 is 0 Å². The first-order chi connectivity index (χ1) is 14.9. The van der Waals surface area contributed by atoms with Gasteiger partial charge in [0.25, 0.3) is 0 Å². The molecule has 1 saturated heterocycles. The number of amides is 1. The van der Waals surface area contributed by atoms with Crippen molar-refractivity contribution in [1.29, 1.82) is 0 Å². The average Bonchev–Trinajstić information content (AvgIpc) is 3.18. The second-order valence-corrected chi connectivity index (χ2v) is 7.81. The Kier molecular flexibility index (Phi) is 7.81. The van der Waals surface area contributed by atoms with E-state index in [0.717, 1.165) is 49.8 Å². The first-order valence-corrected chi connectivity index (χ1v) is 10.5. The number of ether oxygens (including phenoxy) is 3. The summed E-state index contributed by atoms with van der Waals surface area (Å²) in [6.07, 6.45) is 0. The molecule has 1 amide bonds. The molecule has 2 aromatic rings. The minimum atomic E-state index is 0.101. The Morgan fingerprint density at radius 2 is 1.65 bits per heavy atom. The lowest BCUT2D eigenvalue weighted by Gasteiger charge is -2.35. The quantitative estimate of drug-likeness (QED) is 0.604. The molecular formula is C23H33N3O5. The number of rotatable bonds is 9. The van der Waals surface area contributed by atoms with Gasteiger partial charge in [-0.1, -0.05) is 6.07 Å². The highest BCUT2D eigenvalue weighted by Gasteiger charge is 2.23. The molecule has 1 aromatic carbocycles. The lowest BCUT2D eigenvalue weighted by Crippen LogP contribution is -2.49. The van der Waals surface area contributed by atoms with Crippen LogP contribution in [0.25, 0.3) is 0 Å². The number of hydrogen-bond acceptors (Lipinski definition) is 7. The summed E-state index contributed by atoms with van der Waals surface area (Å²) < 4.78 is 22.0. The molecule has 0 N–H and O–H groups in total. The van der Waals surface area contributed by atoms with Gasteiger partial charge in [0.05, 0.1) is 34.4 Å². The van der Waals surface area contributed by atoms with Crippen molar-refractivity contribution in [3.05, 3.63) is 41.3 Å². The molecule has 0 aliphatic carbocycles. The van der Waals surface area contributed by atoms with E-state index in [9.17, 15) is 4.79 Å². The van der Waals surface area contributed by atoms with E-state index in [-0.39, 0.29) is 5.91 Å². The number of methoxy groups -OCH3 is 3. The van der Waals surface area contributed by atoms with E-state index in [1.54, 1.807) is 26.2 Å². The summed E-state index contributed by atoms with van der Waals surface area (Å²) in [6, 6.07) is 7.75. The van der Waals surface area contributed by atoms with Gasteiger partial charge < -0.3 is 23.5 Å². The van der Waals surface area contributed by atoms with Crippen LogP contribution in [0.5, 0.6) is 17.2 Å². The number of carbonyl (C=O) groups excluding carboxylic acids is 1. The summed E-state index contributed by atoms with van der Waals surface area (Å²) in [7, 11) is 6.69. The van der Waals surface area contributed by atoms with E-state index in [1.807, 2.05) is 38.2 Å². The van der Waals surface area contributed by atoms with E-state index >= 15 is 0 Å². The zero-order valence-electron chi connectivity index (χ0n) is 19.1. The maximum absolute atomic E-state index is 12.6. The fraction of sp³-hybridized carbons (Fsp3) is 0.522. The maximum Gasteiger partial charge on any atom is 0.236 e. The number of furan rings is 1. The highest BCUT2D eigenvalue weighted by atomic mass is 16.5. The zero-order chi connectivity index (χ0) is 22.4. The molecule has 8 heteroatoms. The molecule has 8 nitrogen and oxygen atoms in total. The van der Waals surface area contributed by atoms with Gasteiger partial charge in [-0.2, -0.15) is 0 Å². The van der Waals surface area contributed by atoms with Crippen LogP contribution in [-0.2, 0) is 17.9 Å². The highest BCUT2D eigenvalue weighted by molar-refractivity contribution is 5.77. The summed E-state index contributed by atoms with van der Waals surface area (Å²) in [5.41, 5.74) is 1.05. The van der Waals surface area contributed by atoms with Crippen molar-refractivity contribution in [2.24, 2.45) is 0 Å². The average molecular weight is 432 g/mol. The van der Waals surface area contributed by atoms with E-state index in [1.165, 1.54) is 0 Å². The van der Waals surface area contributed by atoms with E-state index in [4.69, 9.17) is 18.6 Å². The lowest BCUT2D eigenvalue weighted by molar-refractivity contribution is -0.132. The van der Waals surface area contributed by atoms with Gasteiger partial charge in [0.2, 0.25) is 11.7 Å². The molecular weight excluding hydrogens is 398 g/mol. The maximum atomic E-state index is 12.6. The number of likely N-dealkylation sites (N-methyl/N-ethyl adjacent to an activating group) is 1. The fourth-order valence-electron chi connectivity index (χ4n) is 3.84. The van der Waals surface area contributed by atoms with Crippen molar-refractivity contribution >= 4 is 5.91 Å². The summed E-state index contributed by atoms with van der Waals surface area (Å²) >= 11 is 0. The molecule has 0 saturated carbocycles. The Morgan fingerprint density at radius 1 is 0.968 bits per heavy atom. The Balaban J connectivity index is 1.51. The number of aryl methyl sites for hydroxylation is 1. The second-order valence-electron chi connectivity index (χ2n) is 7.81. The molecule has 0 atom stereocenters. The van der Waals surface area contributed by atoms with Crippen molar-refractivity contribution in [2.75, 3.05) is 61.1 Å². The van der Waals surface area contributed by atoms with Gasteiger partial charge in [-0.25, -0.2) is 0 Å². The second kappa shape index (κ2) is 10.5. The highest BCUT2D eigenvalue weighted by Crippen LogP contribution is 2.40. The Hall–Kier alpha value is -2.71. The number of hydrogen-bond donors (Lipinski definition) is 0. The van der Waals surface area contributed by atoms with Crippen molar-refractivity contribution in [3.63, 3.8) is 0 Å². The van der Waals surface area contributed by atoms with Gasteiger partial charge in [0, 0.05) is 45.3 Å². The van der Waals surface area contributed by atoms with Crippen molar-refractivity contribution in [3.8, 4) is 17.2 Å². The molecule has 170 valence electrons. The third-order valence-corrected chi connectivity index (χ3v) is 5.62. The van der Waals surface area contributed by atoms with Gasteiger partial charge in [0.1, 0.15) is 11.5 Å². The molecule has 2 heterocycles. The summed E-state index contributed by atoms with van der Waals surface area (Å²) in [5.74, 6) is 3.74. The summed E-state index contributed by atoms with van der Waals surface area (Å²) in [6.45, 7) is 7.02. The first-order valence-electron chi connectivity index (χ1n) is 10.5. The fourth-order valence-corrected chi connectivity index (χ4v) is 3.84. The number of piperazine rings is 1. The smallest absolute Gasteiger partial charge is 0.236 e. The molecule has 0 radical (unpaired) electrons. The van der Waals surface area contributed by atoms with Gasteiger partial charge >= 0.3 is 0 Å². The van der Waals surface area contributed by atoms with Crippen LogP contribution in [0.1, 0.15) is 17.1 Å². The third kappa shape index (κ3) is 5.71. The third-order valence-electron chi connectivity index (χ3n) is 5.62. The monoisotopic (exact) mass is 431 g/mol. The van der Waals surface area contributed by atoms with E-state index in [0.29, 0.717) is 30.3 Å². The minimum Gasteiger partial charge on any atom is -0.493 e. The van der Waals surface area contributed by atoms with Crippen LogP contribution in [-0.4, -0.2) is 81.7 Å². The first kappa shape index (κ1) is 23.0. The van der Waals surface area contributed by atoms with Crippen molar-refractivity contribution in [1.82, 2.24) is 14.7 Å². The SMILES string of the molecule is COc1ccc(CN2CCN(CC(=O)N(C)Cc3ccc(C)o3)CC2)c(OC)c1OC. The summed E-state index contributed by atoms with van der Waals surface area (Å²) in [5, 5.41) is 0. The molecule has 0 bridgehead atoms. The van der Waals surface area contributed by atoms with Gasteiger partial charge in [-0.05, 0) is 25.1 Å². The number of nitrogens with zero attached hydrogens (tertiary/aromatic N) is 3. The van der Waals surface area contributed by atoms with Crippen molar-refractivity contribution in [2.45, 2.75) is 20.0 Å². The lowest BCUT2D eigenvalue weighted by atomic mass is 10.1. The van der Waals surface area contributed by atoms with Crippen LogP contribution in [0.15, 0.2) is 28.7 Å². The Bertz CT molecular complexity index is 874.